The highest BCUT2D eigenvalue weighted by atomic mass is 16.5. The molecule has 5 heteroatoms. The number of anilines is 1. The molecule has 1 N–H and O–H groups in total. The van der Waals surface area contributed by atoms with Crippen LogP contribution in [0.3, 0.4) is 0 Å². The highest BCUT2D eigenvalue weighted by Crippen LogP contribution is 2.14. The van der Waals surface area contributed by atoms with Gasteiger partial charge in [-0.15, -0.1) is 0 Å². The third kappa shape index (κ3) is 3.73. The van der Waals surface area contributed by atoms with Crippen molar-refractivity contribution >= 4 is 17.7 Å². The number of benzene rings is 1. The first-order chi connectivity index (χ1) is 9.70. The zero-order valence-corrected chi connectivity index (χ0v) is 11.7. The number of hydrogen-bond donors (Lipinski definition) is 1. The molecule has 1 aliphatic rings. The van der Waals surface area contributed by atoms with Crippen molar-refractivity contribution in [3.63, 3.8) is 0 Å². The van der Waals surface area contributed by atoms with Crippen molar-refractivity contribution in [2.75, 3.05) is 25.0 Å². The topological polar surface area (TPSA) is 58.6 Å². The highest BCUT2D eigenvalue weighted by Gasteiger charge is 2.17. The van der Waals surface area contributed by atoms with E-state index in [1.807, 2.05) is 6.92 Å². The summed E-state index contributed by atoms with van der Waals surface area (Å²) in [6, 6.07) is 6.69. The summed E-state index contributed by atoms with van der Waals surface area (Å²) in [6.45, 7) is 4.00. The number of carbonyl (C=O) groups is 2. The maximum absolute atomic E-state index is 11.9. The molecule has 20 heavy (non-hydrogen) atoms. The Morgan fingerprint density at radius 3 is 2.45 bits per heavy atom. The molecular weight excluding hydrogens is 256 g/mol. The van der Waals surface area contributed by atoms with E-state index in [9.17, 15) is 9.59 Å². The van der Waals surface area contributed by atoms with Gasteiger partial charge in [0.25, 0.3) is 0 Å². The number of urea groups is 1. The van der Waals surface area contributed by atoms with Crippen LogP contribution in [0.25, 0.3) is 0 Å². The first kappa shape index (κ1) is 14.4. The van der Waals surface area contributed by atoms with E-state index in [4.69, 9.17) is 4.74 Å². The molecule has 1 fully saturated rings. The summed E-state index contributed by atoms with van der Waals surface area (Å²) in [7, 11) is 0. The number of esters is 1. The molecule has 5 nitrogen and oxygen atoms in total. The second kappa shape index (κ2) is 6.93. The molecule has 108 valence electrons. The maximum Gasteiger partial charge on any atom is 0.338 e. The molecule has 2 amide bonds. The van der Waals surface area contributed by atoms with E-state index in [1.54, 1.807) is 29.2 Å². The van der Waals surface area contributed by atoms with E-state index in [-0.39, 0.29) is 12.0 Å². The van der Waals surface area contributed by atoms with Gasteiger partial charge in [-0.05, 0) is 43.5 Å². The van der Waals surface area contributed by atoms with Crippen LogP contribution < -0.4 is 5.32 Å². The number of rotatable bonds is 4. The largest absolute Gasteiger partial charge is 0.462 e. The minimum Gasteiger partial charge on any atom is -0.462 e. The lowest BCUT2D eigenvalue weighted by Crippen LogP contribution is -2.32. The molecule has 1 saturated heterocycles. The Hall–Kier alpha value is -2.04. The number of ether oxygens (including phenoxy) is 1. The third-order valence-corrected chi connectivity index (χ3v) is 3.20. The molecule has 0 unspecified atom stereocenters. The van der Waals surface area contributed by atoms with Gasteiger partial charge in [0.15, 0.2) is 0 Å². The average Bonchev–Trinajstić information content (AvgIpc) is 3.00. The van der Waals surface area contributed by atoms with Crippen molar-refractivity contribution in [2.45, 2.75) is 26.2 Å². The van der Waals surface area contributed by atoms with Gasteiger partial charge in [0.05, 0.1) is 12.2 Å². The van der Waals surface area contributed by atoms with Crippen LogP contribution in [-0.4, -0.2) is 36.6 Å². The van der Waals surface area contributed by atoms with E-state index in [2.05, 4.69) is 5.32 Å². The SMILES string of the molecule is CCCOC(=O)c1ccc(NC(=O)N2CCCC2)cc1. The highest BCUT2D eigenvalue weighted by molar-refractivity contribution is 5.92. The summed E-state index contributed by atoms with van der Waals surface area (Å²) in [5.74, 6) is -0.329. The molecule has 1 aliphatic heterocycles. The first-order valence-electron chi connectivity index (χ1n) is 7.04. The lowest BCUT2D eigenvalue weighted by molar-refractivity contribution is 0.0505. The second-order valence-electron chi connectivity index (χ2n) is 4.84. The van der Waals surface area contributed by atoms with E-state index >= 15 is 0 Å². The van der Waals surface area contributed by atoms with Gasteiger partial charge in [-0.3, -0.25) is 0 Å². The average molecular weight is 276 g/mol. The summed E-state index contributed by atoms with van der Waals surface area (Å²) in [6.07, 6.45) is 2.93. The number of likely N-dealkylation sites (tertiary alicyclic amines) is 1. The smallest absolute Gasteiger partial charge is 0.338 e. The Morgan fingerprint density at radius 2 is 1.85 bits per heavy atom. The Morgan fingerprint density at radius 1 is 1.20 bits per heavy atom. The number of nitrogens with one attached hydrogen (secondary N) is 1. The standard InChI is InChI=1S/C15H20N2O3/c1-2-11-20-14(18)12-5-7-13(8-6-12)16-15(19)17-9-3-4-10-17/h5-8H,2-4,9-11H2,1H3,(H,16,19). The van der Waals surface area contributed by atoms with Gasteiger partial charge in [0, 0.05) is 18.8 Å². The van der Waals surface area contributed by atoms with Gasteiger partial charge >= 0.3 is 12.0 Å². The minimum atomic E-state index is -0.329. The van der Waals surface area contributed by atoms with Gasteiger partial charge in [0.1, 0.15) is 0 Å². The quantitative estimate of drug-likeness (QED) is 0.860. The Kier molecular flexibility index (Phi) is 4.98. The minimum absolute atomic E-state index is 0.0798. The van der Waals surface area contributed by atoms with Crippen LogP contribution in [0.2, 0.25) is 0 Å². The van der Waals surface area contributed by atoms with Crippen LogP contribution in [0.4, 0.5) is 10.5 Å². The summed E-state index contributed by atoms with van der Waals surface area (Å²) >= 11 is 0. The van der Waals surface area contributed by atoms with Crippen LogP contribution in [0, 0.1) is 0 Å². The van der Waals surface area contributed by atoms with Crippen molar-refractivity contribution in [3.8, 4) is 0 Å². The van der Waals surface area contributed by atoms with Crippen molar-refractivity contribution in [2.24, 2.45) is 0 Å². The fourth-order valence-corrected chi connectivity index (χ4v) is 2.09. The molecule has 2 rings (SSSR count). The maximum atomic E-state index is 11.9. The lowest BCUT2D eigenvalue weighted by Gasteiger charge is -2.16. The molecule has 0 atom stereocenters. The van der Waals surface area contributed by atoms with Crippen molar-refractivity contribution in [1.82, 2.24) is 4.90 Å². The van der Waals surface area contributed by atoms with Gasteiger partial charge in [-0.1, -0.05) is 6.92 Å². The van der Waals surface area contributed by atoms with E-state index in [0.29, 0.717) is 17.9 Å². The Labute approximate surface area is 118 Å². The zero-order valence-electron chi connectivity index (χ0n) is 11.7. The zero-order chi connectivity index (χ0) is 14.4. The van der Waals surface area contributed by atoms with E-state index < -0.39 is 0 Å². The lowest BCUT2D eigenvalue weighted by atomic mass is 10.2. The first-order valence-corrected chi connectivity index (χ1v) is 7.04. The van der Waals surface area contributed by atoms with E-state index in [1.165, 1.54) is 0 Å². The summed E-state index contributed by atoms with van der Waals surface area (Å²) in [5, 5.41) is 2.83. The predicted molar refractivity (Wildman–Crippen MR) is 76.8 cm³/mol. The molecular formula is C15H20N2O3. The van der Waals surface area contributed by atoms with Crippen molar-refractivity contribution in [1.29, 1.82) is 0 Å². The van der Waals surface area contributed by atoms with Gasteiger partial charge in [0.2, 0.25) is 0 Å². The number of carbonyl (C=O) groups excluding carboxylic acids is 2. The van der Waals surface area contributed by atoms with Crippen molar-refractivity contribution in [3.05, 3.63) is 29.8 Å². The Balaban J connectivity index is 1.90. The monoisotopic (exact) mass is 276 g/mol. The number of hydrogen-bond acceptors (Lipinski definition) is 3. The molecule has 0 saturated carbocycles. The molecule has 1 heterocycles. The molecule has 0 spiro atoms. The fourth-order valence-electron chi connectivity index (χ4n) is 2.09. The molecule has 1 aromatic rings. The fraction of sp³-hybridized carbons (Fsp3) is 0.467. The predicted octanol–water partition coefficient (Wildman–Crippen LogP) is 2.88. The molecule has 0 aliphatic carbocycles. The molecule has 0 aromatic heterocycles. The van der Waals surface area contributed by atoms with Crippen molar-refractivity contribution < 1.29 is 14.3 Å². The van der Waals surface area contributed by atoms with Gasteiger partial charge in [-0.25, -0.2) is 9.59 Å². The Bertz CT molecular complexity index is 465. The summed E-state index contributed by atoms with van der Waals surface area (Å²) < 4.78 is 5.04. The van der Waals surface area contributed by atoms with Crippen LogP contribution in [0.1, 0.15) is 36.5 Å². The van der Waals surface area contributed by atoms with Gasteiger partial charge in [-0.2, -0.15) is 0 Å². The van der Waals surface area contributed by atoms with Crippen LogP contribution in [0.15, 0.2) is 24.3 Å². The summed E-state index contributed by atoms with van der Waals surface area (Å²) in [5.41, 5.74) is 1.19. The normalized spacial score (nSPS) is 14.2. The van der Waals surface area contributed by atoms with Crippen LogP contribution in [0.5, 0.6) is 0 Å². The van der Waals surface area contributed by atoms with E-state index in [0.717, 1.165) is 32.4 Å². The van der Waals surface area contributed by atoms with Gasteiger partial charge < -0.3 is 15.0 Å². The molecule has 0 bridgehead atoms. The summed E-state index contributed by atoms with van der Waals surface area (Å²) in [4.78, 5) is 25.3. The number of amides is 2. The van der Waals surface area contributed by atoms with Crippen LogP contribution >= 0.6 is 0 Å². The second-order valence-corrected chi connectivity index (χ2v) is 4.84. The molecule has 1 aromatic carbocycles. The third-order valence-electron chi connectivity index (χ3n) is 3.20. The van der Waals surface area contributed by atoms with Crippen LogP contribution in [-0.2, 0) is 4.74 Å². The molecule has 0 radical (unpaired) electrons. The number of nitrogens with zero attached hydrogens (tertiary/aromatic N) is 1.